The van der Waals surface area contributed by atoms with Crippen LogP contribution in [-0.4, -0.2) is 29.9 Å². The lowest BCUT2D eigenvalue weighted by Crippen LogP contribution is -2.15. The molecule has 0 bridgehead atoms. The third-order valence-electron chi connectivity index (χ3n) is 6.35. The van der Waals surface area contributed by atoms with Gasteiger partial charge in [-0.15, -0.1) is 0 Å². The molecule has 0 saturated carbocycles. The molecule has 0 atom stereocenters. The van der Waals surface area contributed by atoms with Gasteiger partial charge in [-0.25, -0.2) is 0 Å². The number of phenols is 1. The smallest absolute Gasteiger partial charge is 0.259 e. The Morgan fingerprint density at radius 3 is 2.02 bits per heavy atom. The number of nitrogens with one attached hydrogen (secondary N) is 3. The van der Waals surface area contributed by atoms with Gasteiger partial charge in [-0.05, 0) is 88.3 Å². The minimum Gasteiger partial charge on any atom is -0.507 e. The van der Waals surface area contributed by atoms with E-state index in [2.05, 4.69) is 22.5 Å². The van der Waals surface area contributed by atoms with Gasteiger partial charge in [0.15, 0.2) is 0 Å². The Hall–Kier alpha value is -5.63. The molecular weight excluding hydrogens is 506 g/mol. The van der Waals surface area contributed by atoms with Crippen LogP contribution in [0.5, 0.6) is 11.5 Å². The standard InChI is InChI=1S/C32H25N3O5/c1-3-30(37)35-27-16-21(11-12-29(27)40-2)31(38)33-24-9-6-10-25(18-24)34-32(39)26-15-22-13-19-7-4-5-8-20(19)14-23(22)17-28(26)36/h3-18,36H,1H2,2H3,(H,33,38)(H,34,39)(H,35,37). The normalized spacial score (nSPS) is 10.6. The van der Waals surface area contributed by atoms with Gasteiger partial charge in [0.1, 0.15) is 11.5 Å². The molecule has 5 rings (SSSR count). The number of ether oxygens (including phenoxy) is 1. The lowest BCUT2D eigenvalue weighted by molar-refractivity contribution is -0.111. The summed E-state index contributed by atoms with van der Waals surface area (Å²) >= 11 is 0. The van der Waals surface area contributed by atoms with Gasteiger partial charge < -0.3 is 25.8 Å². The molecule has 0 aliphatic heterocycles. The van der Waals surface area contributed by atoms with Crippen LogP contribution in [-0.2, 0) is 4.79 Å². The minimum atomic E-state index is -0.492. The number of anilines is 3. The summed E-state index contributed by atoms with van der Waals surface area (Å²) in [6.45, 7) is 3.43. The van der Waals surface area contributed by atoms with Gasteiger partial charge in [-0.1, -0.05) is 36.9 Å². The molecule has 0 fully saturated rings. The molecular formula is C32H25N3O5. The summed E-state index contributed by atoms with van der Waals surface area (Å²) in [6.07, 6.45) is 1.12. The second kappa shape index (κ2) is 11.0. The van der Waals surface area contributed by atoms with E-state index in [-0.39, 0.29) is 16.9 Å². The number of phenolic OH excluding ortho intramolecular Hbond substituents is 1. The van der Waals surface area contributed by atoms with Crippen LogP contribution >= 0.6 is 0 Å². The van der Waals surface area contributed by atoms with Crippen molar-refractivity contribution in [2.75, 3.05) is 23.1 Å². The van der Waals surface area contributed by atoms with Crippen molar-refractivity contribution in [3.8, 4) is 11.5 Å². The number of carbonyl (C=O) groups is 3. The van der Waals surface area contributed by atoms with E-state index >= 15 is 0 Å². The molecule has 0 spiro atoms. The second-order valence-electron chi connectivity index (χ2n) is 9.01. The molecule has 0 aromatic heterocycles. The van der Waals surface area contributed by atoms with Crippen molar-refractivity contribution in [2.24, 2.45) is 0 Å². The zero-order valence-electron chi connectivity index (χ0n) is 21.5. The Morgan fingerprint density at radius 2 is 1.38 bits per heavy atom. The third kappa shape index (κ3) is 5.46. The topological polar surface area (TPSA) is 117 Å². The van der Waals surface area contributed by atoms with Crippen molar-refractivity contribution in [2.45, 2.75) is 0 Å². The van der Waals surface area contributed by atoms with Crippen molar-refractivity contribution >= 4 is 56.3 Å². The summed E-state index contributed by atoms with van der Waals surface area (Å²) in [5, 5.41) is 22.5. The number of aromatic hydroxyl groups is 1. The van der Waals surface area contributed by atoms with Crippen molar-refractivity contribution in [3.05, 3.63) is 115 Å². The minimum absolute atomic E-state index is 0.129. The first-order chi connectivity index (χ1) is 19.3. The zero-order chi connectivity index (χ0) is 28.2. The molecule has 0 heterocycles. The Balaban J connectivity index is 1.34. The second-order valence-corrected chi connectivity index (χ2v) is 9.01. The maximum absolute atomic E-state index is 13.1. The quantitative estimate of drug-likeness (QED) is 0.145. The van der Waals surface area contributed by atoms with Gasteiger partial charge in [0.05, 0.1) is 18.4 Å². The summed E-state index contributed by atoms with van der Waals surface area (Å²) < 4.78 is 5.25. The fourth-order valence-electron chi connectivity index (χ4n) is 4.37. The number of rotatable bonds is 7. The monoisotopic (exact) mass is 531 g/mol. The van der Waals surface area contributed by atoms with E-state index in [1.165, 1.54) is 13.2 Å². The predicted octanol–water partition coefficient (Wildman–Crippen LogP) is 6.34. The molecule has 0 unspecified atom stereocenters. The molecule has 198 valence electrons. The van der Waals surface area contributed by atoms with E-state index < -0.39 is 17.7 Å². The van der Waals surface area contributed by atoms with E-state index in [1.807, 2.05) is 36.4 Å². The first kappa shape index (κ1) is 26.0. The largest absolute Gasteiger partial charge is 0.507 e. The van der Waals surface area contributed by atoms with Gasteiger partial charge in [0, 0.05) is 16.9 Å². The van der Waals surface area contributed by atoms with Gasteiger partial charge >= 0.3 is 0 Å². The number of amides is 3. The summed E-state index contributed by atoms with van der Waals surface area (Å²) in [4.78, 5) is 37.8. The van der Waals surface area contributed by atoms with Gasteiger partial charge in [-0.3, -0.25) is 14.4 Å². The van der Waals surface area contributed by atoms with Crippen LogP contribution in [0.3, 0.4) is 0 Å². The van der Waals surface area contributed by atoms with Gasteiger partial charge in [0.2, 0.25) is 5.91 Å². The van der Waals surface area contributed by atoms with Crippen LogP contribution in [0.4, 0.5) is 17.1 Å². The molecule has 0 radical (unpaired) electrons. The van der Waals surface area contributed by atoms with Crippen LogP contribution < -0.4 is 20.7 Å². The fourth-order valence-corrected chi connectivity index (χ4v) is 4.37. The van der Waals surface area contributed by atoms with Crippen LogP contribution in [0.25, 0.3) is 21.5 Å². The van der Waals surface area contributed by atoms with E-state index in [1.54, 1.807) is 48.5 Å². The van der Waals surface area contributed by atoms with Crippen LogP contribution in [0.15, 0.2) is 104 Å². The lowest BCUT2D eigenvalue weighted by atomic mass is 10.0. The number of methoxy groups -OCH3 is 1. The fraction of sp³-hybridized carbons (Fsp3) is 0.0312. The highest BCUT2D eigenvalue weighted by atomic mass is 16.5. The van der Waals surface area contributed by atoms with E-state index in [4.69, 9.17) is 4.74 Å². The van der Waals surface area contributed by atoms with E-state index in [9.17, 15) is 19.5 Å². The average molecular weight is 532 g/mol. The first-order valence-corrected chi connectivity index (χ1v) is 12.3. The van der Waals surface area contributed by atoms with Crippen LogP contribution in [0.2, 0.25) is 0 Å². The number of fused-ring (bicyclic) bond motifs is 2. The molecule has 5 aromatic rings. The molecule has 0 aliphatic carbocycles. The average Bonchev–Trinajstić information content (AvgIpc) is 2.95. The summed E-state index contributed by atoms with van der Waals surface area (Å²) in [5.41, 5.74) is 1.59. The molecule has 0 saturated heterocycles. The van der Waals surface area contributed by atoms with E-state index in [0.29, 0.717) is 22.8 Å². The van der Waals surface area contributed by atoms with Crippen LogP contribution in [0, 0.1) is 0 Å². The summed E-state index contributed by atoms with van der Waals surface area (Å²) in [5.74, 6) is -1.11. The highest BCUT2D eigenvalue weighted by Crippen LogP contribution is 2.30. The SMILES string of the molecule is C=CC(=O)Nc1cc(C(=O)Nc2cccc(NC(=O)c3cc4cc5ccccc5cc4cc3O)c2)ccc1OC. The highest BCUT2D eigenvalue weighted by Gasteiger charge is 2.15. The van der Waals surface area contributed by atoms with Crippen LogP contribution in [0.1, 0.15) is 20.7 Å². The Labute approximate surface area is 229 Å². The van der Waals surface area contributed by atoms with Crippen molar-refractivity contribution in [3.63, 3.8) is 0 Å². The lowest BCUT2D eigenvalue weighted by Gasteiger charge is -2.13. The summed E-state index contributed by atoms with van der Waals surface area (Å²) in [6, 6.07) is 26.3. The highest BCUT2D eigenvalue weighted by molar-refractivity contribution is 6.11. The summed E-state index contributed by atoms with van der Waals surface area (Å²) in [7, 11) is 1.46. The first-order valence-electron chi connectivity index (χ1n) is 12.3. The van der Waals surface area contributed by atoms with Crippen molar-refractivity contribution in [1.82, 2.24) is 0 Å². The predicted molar refractivity (Wildman–Crippen MR) is 157 cm³/mol. The maximum atomic E-state index is 13.1. The van der Waals surface area contributed by atoms with E-state index in [0.717, 1.165) is 27.6 Å². The number of hydrogen-bond donors (Lipinski definition) is 4. The Kier molecular flexibility index (Phi) is 7.15. The molecule has 40 heavy (non-hydrogen) atoms. The molecule has 3 amide bonds. The number of hydrogen-bond acceptors (Lipinski definition) is 5. The van der Waals surface area contributed by atoms with Gasteiger partial charge in [-0.2, -0.15) is 0 Å². The van der Waals surface area contributed by atoms with Gasteiger partial charge in [0.25, 0.3) is 11.8 Å². The molecule has 4 N–H and O–H groups in total. The van der Waals surface area contributed by atoms with Crippen molar-refractivity contribution in [1.29, 1.82) is 0 Å². The zero-order valence-corrected chi connectivity index (χ0v) is 21.5. The molecule has 0 aliphatic rings. The number of benzene rings is 5. The third-order valence-corrected chi connectivity index (χ3v) is 6.35. The molecule has 8 heteroatoms. The maximum Gasteiger partial charge on any atom is 0.259 e. The van der Waals surface area contributed by atoms with Crippen molar-refractivity contribution < 1.29 is 24.2 Å². The molecule has 8 nitrogen and oxygen atoms in total. The molecule has 5 aromatic carbocycles. The number of carbonyl (C=O) groups excluding carboxylic acids is 3. The Bertz CT molecular complexity index is 1810. The Morgan fingerprint density at radius 1 is 0.725 bits per heavy atom.